The largest absolute Gasteiger partial charge is 0.344 e. The van der Waals surface area contributed by atoms with Crippen LogP contribution in [0.15, 0.2) is 36.4 Å². The SMILES string of the molecule is C.C.C.C.C.C.C.CN=P(C)(Cl)Cl.Cl.ClP(Cl)(Cl)(Cl)Cl.ClP1(Cl)=NP(Cl)(Cl)=NP(Cl)(Cl)=N1.ClP1(Cl)=NP(Cl)(Cl)=NP(Cl)(Cl)=NP(Cl)(Cl)=N1.N. The van der Waals surface area contributed by atoms with Crippen LogP contribution in [0.25, 0.3) is 0 Å². The van der Waals surface area contributed by atoms with E-state index in [4.69, 9.17) is 236 Å². The molecule has 0 bridgehead atoms. The predicted molar refractivity (Wildman–Crippen MR) is 276 cm³/mol. The van der Waals surface area contributed by atoms with E-state index >= 15 is 0 Å². The molecule has 318 valence electrons. The molecule has 0 saturated carbocycles. The van der Waals surface area contributed by atoms with E-state index in [1.807, 2.05) is 0 Å². The molecular formula is C9H38Cl22N9P9. The summed E-state index contributed by atoms with van der Waals surface area (Å²) in [5, 5.41) is 0. The van der Waals surface area contributed by atoms with Crippen molar-refractivity contribution in [2.75, 3.05) is 13.7 Å². The Morgan fingerprint density at radius 1 is 0.408 bits per heavy atom. The van der Waals surface area contributed by atoms with Crippen LogP contribution in [0.5, 0.6) is 0 Å². The normalized spacial score (nSPS) is 20.6. The molecule has 0 spiro atoms. The molecule has 0 unspecified atom stereocenters. The van der Waals surface area contributed by atoms with Crippen molar-refractivity contribution in [2.45, 2.75) is 52.0 Å². The zero-order valence-corrected chi connectivity index (χ0v) is 43.4. The van der Waals surface area contributed by atoms with Gasteiger partial charge < -0.3 is 6.15 Å². The van der Waals surface area contributed by atoms with Crippen LogP contribution in [0.4, 0.5) is 0 Å². The molecule has 9 nitrogen and oxygen atoms in total. The van der Waals surface area contributed by atoms with Crippen LogP contribution >= 0.6 is 299 Å². The van der Waals surface area contributed by atoms with E-state index in [0.29, 0.717) is 0 Å². The third-order valence-electron chi connectivity index (χ3n) is 1.86. The van der Waals surface area contributed by atoms with Crippen molar-refractivity contribution in [1.29, 1.82) is 0 Å². The summed E-state index contributed by atoms with van der Waals surface area (Å²) >= 11 is 116. The Balaban J connectivity index is -0.0000000440. The van der Waals surface area contributed by atoms with Crippen molar-refractivity contribution in [3.8, 4) is 0 Å². The molecule has 0 aromatic carbocycles. The Hall–Kier alpha value is 8.61. The monoisotopic (exact) mass is 1320 g/mol. The van der Waals surface area contributed by atoms with Gasteiger partial charge in [0.25, 0.3) is 41.4 Å². The summed E-state index contributed by atoms with van der Waals surface area (Å²) in [5.74, 6) is -23.5. The maximum atomic E-state index is 5.78. The Labute approximate surface area is 401 Å². The van der Waals surface area contributed by atoms with Gasteiger partial charge in [-0.2, -0.15) is 31.6 Å². The first kappa shape index (κ1) is 85.0. The van der Waals surface area contributed by atoms with Gasteiger partial charge in [-0.1, -0.05) is 74.5 Å². The van der Waals surface area contributed by atoms with Gasteiger partial charge in [0.15, 0.2) is 0 Å². The minimum atomic E-state index is -3.69. The van der Waals surface area contributed by atoms with E-state index < -0.39 is 50.5 Å². The third kappa shape index (κ3) is 58.7. The Morgan fingerprint density at radius 2 is 0.469 bits per heavy atom. The van der Waals surface area contributed by atoms with Gasteiger partial charge in [0.05, 0.1) is 0 Å². The van der Waals surface area contributed by atoms with Crippen LogP contribution in [-0.4, -0.2) is 13.7 Å². The maximum Gasteiger partial charge on any atom is 0.257 e. The summed E-state index contributed by atoms with van der Waals surface area (Å²) in [6, 6.07) is 0. The molecule has 0 aromatic heterocycles. The van der Waals surface area contributed by atoms with Gasteiger partial charge in [-0.05, 0) is 164 Å². The quantitative estimate of drug-likeness (QED) is 0.238. The van der Waals surface area contributed by atoms with Crippen LogP contribution in [-0.2, 0) is 0 Å². The minimum Gasteiger partial charge on any atom is -0.344 e. The summed E-state index contributed by atoms with van der Waals surface area (Å²) in [4.78, 5) is 0. The first-order valence-corrected chi connectivity index (χ1v) is 42.7. The molecule has 0 aliphatic carbocycles. The first-order valence-electron chi connectivity index (χ1n) is 7.44. The van der Waals surface area contributed by atoms with Crippen molar-refractivity contribution >= 4 is 299 Å². The fraction of sp³-hybridized carbons (Fsp3) is 1.00. The van der Waals surface area contributed by atoms with Crippen LogP contribution in [0.2, 0.25) is 0 Å². The third-order valence-corrected chi connectivity index (χ3v) is 32.6. The topological polar surface area (TPSA) is 134 Å². The molecule has 2 rings (SSSR count). The molecule has 0 aromatic rings. The van der Waals surface area contributed by atoms with Crippen LogP contribution in [0, 0.1) is 0 Å². The van der Waals surface area contributed by atoms with Crippen molar-refractivity contribution in [2.24, 2.45) is 36.4 Å². The van der Waals surface area contributed by atoms with Gasteiger partial charge >= 0.3 is 59.6 Å². The molecule has 0 fully saturated rings. The fourth-order valence-electron chi connectivity index (χ4n) is 1.03. The second-order valence-corrected chi connectivity index (χ2v) is 63.2. The van der Waals surface area contributed by atoms with Crippen molar-refractivity contribution in [3.05, 3.63) is 0 Å². The van der Waals surface area contributed by atoms with Crippen molar-refractivity contribution in [1.82, 2.24) is 6.15 Å². The smallest absolute Gasteiger partial charge is 0.257 e. The average Bonchev–Trinajstić information content (AvgIpc) is 2.41. The van der Waals surface area contributed by atoms with Crippen LogP contribution in [0.3, 0.4) is 0 Å². The molecule has 0 saturated heterocycles. The van der Waals surface area contributed by atoms with Crippen LogP contribution in [0.1, 0.15) is 52.0 Å². The molecule has 3 N–H and O–H groups in total. The van der Waals surface area contributed by atoms with E-state index in [1.165, 1.54) is 0 Å². The predicted octanol–water partition coefficient (Wildman–Crippen LogP) is 29.1. The molecule has 0 radical (unpaired) electrons. The Morgan fingerprint density at radius 3 is 0.510 bits per heavy atom. The van der Waals surface area contributed by atoms with E-state index in [0.717, 1.165) is 0 Å². The van der Waals surface area contributed by atoms with Crippen molar-refractivity contribution in [3.63, 3.8) is 0 Å². The summed E-state index contributed by atoms with van der Waals surface area (Å²) in [6.07, 6.45) is 0. The van der Waals surface area contributed by atoms with Gasteiger partial charge in [-0.25, -0.2) is 0 Å². The van der Waals surface area contributed by atoms with Gasteiger partial charge in [0, 0.05) is 7.05 Å². The van der Waals surface area contributed by atoms with Gasteiger partial charge in [-0.3, -0.25) is 4.74 Å². The van der Waals surface area contributed by atoms with E-state index in [9.17, 15) is 0 Å². The molecule has 2 aliphatic rings. The number of hydrogen-bond acceptors (Lipinski definition) is 9. The molecule has 49 heavy (non-hydrogen) atoms. The zero-order chi connectivity index (χ0) is 33.1. The molecule has 0 atom stereocenters. The number of nitrogens with zero attached hydrogens (tertiary/aromatic N) is 8. The number of halogens is 22. The van der Waals surface area contributed by atoms with Crippen molar-refractivity contribution < 1.29 is 0 Å². The van der Waals surface area contributed by atoms with Crippen LogP contribution < -0.4 is 6.15 Å². The second-order valence-electron chi connectivity index (χ2n) is 5.41. The maximum absolute atomic E-state index is 5.78. The summed E-state index contributed by atoms with van der Waals surface area (Å²) in [6.45, 7) is 1.72. The molecule has 40 heteroatoms. The number of hydrogen-bond donors (Lipinski definition) is 1. The van der Waals surface area contributed by atoms with Gasteiger partial charge in [-0.15, -0.1) is 12.4 Å². The first-order chi connectivity index (χ1) is 16.7. The second kappa shape index (κ2) is 31.4. The molecule has 2 aliphatic heterocycles. The van der Waals surface area contributed by atoms with E-state index in [2.05, 4.69) is 36.4 Å². The molecule has 2 heterocycles. The Bertz CT molecular complexity index is 1170. The molecular weight excluding hydrogens is 1290 g/mol. The summed E-state index contributed by atoms with van der Waals surface area (Å²) < 4.78 is 25.7. The zero-order valence-electron chi connectivity index (χ0n) is 18.7. The number of rotatable bonds is 0. The van der Waals surface area contributed by atoms with Gasteiger partial charge in [0.2, 0.25) is 0 Å². The standard InChI is InChI=1S/C2H6Cl2NP.7CH4.Cl8N4P4.Cl6N3P3.Cl5P.ClH.H3N/c1-5-6(2,3)4;;;;;;;;1-13(2)9-14(3,4)11-16(7,8)12-15(5,6)10-13;1-10(2)7-11(3,4)9-12(5,6)8-10;1-6(2,3,4)5;;/h1-2H3;7*1H4;;;;1H;1H3. The summed E-state index contributed by atoms with van der Waals surface area (Å²) in [5.41, 5.74) is 0. The summed E-state index contributed by atoms with van der Waals surface area (Å²) in [7, 11) is 1.62. The van der Waals surface area contributed by atoms with E-state index in [-0.39, 0.29) is 70.5 Å². The van der Waals surface area contributed by atoms with E-state index in [1.54, 1.807) is 13.7 Å². The molecule has 0 amide bonds. The van der Waals surface area contributed by atoms with Gasteiger partial charge in [0.1, 0.15) is 5.76 Å². The average molecular weight is 1330 g/mol. The fourth-order valence-corrected chi connectivity index (χ4v) is 44.9. The Kier molecular flexibility index (Phi) is 54.5. The minimum absolute atomic E-state index is 0.